The number of amides is 2. The number of anilines is 1. The Morgan fingerprint density at radius 3 is 2.71 bits per heavy atom. The van der Waals surface area contributed by atoms with Crippen LogP contribution in [0.5, 0.6) is 17.2 Å². The number of benzene rings is 2. The van der Waals surface area contributed by atoms with Crippen LogP contribution in [0, 0.1) is 0 Å². The van der Waals surface area contributed by atoms with Crippen LogP contribution in [0.1, 0.15) is 18.4 Å². The average Bonchev–Trinajstić information content (AvgIpc) is 3.52. The summed E-state index contributed by atoms with van der Waals surface area (Å²) >= 11 is 0. The third-order valence-electron chi connectivity index (χ3n) is 6.30. The highest BCUT2D eigenvalue weighted by atomic mass is 16.7. The molecule has 0 radical (unpaired) electrons. The molecule has 1 fully saturated rings. The molecule has 2 N–H and O–H groups in total. The molecule has 0 atom stereocenters. The molecule has 9 heteroatoms. The van der Waals surface area contributed by atoms with Gasteiger partial charge in [-0.3, -0.25) is 4.79 Å². The highest BCUT2D eigenvalue weighted by Crippen LogP contribution is 2.35. The molecule has 2 aromatic carbocycles. The van der Waals surface area contributed by atoms with Gasteiger partial charge in [-0.15, -0.1) is 0 Å². The molecule has 0 unspecified atom stereocenters. The van der Waals surface area contributed by atoms with Crippen LogP contribution in [0.2, 0.25) is 0 Å². The van der Waals surface area contributed by atoms with Gasteiger partial charge in [0.05, 0.1) is 24.9 Å². The normalized spacial score (nSPS) is 15.0. The average molecular weight is 465 g/mol. The van der Waals surface area contributed by atoms with Crippen LogP contribution in [-0.2, 0) is 6.54 Å². The summed E-state index contributed by atoms with van der Waals surface area (Å²) in [6.45, 7) is 3.66. The topological polar surface area (TPSA) is 96.1 Å². The number of urea groups is 1. The van der Waals surface area contributed by atoms with E-state index in [1.165, 1.54) is 12.8 Å². The second kappa shape index (κ2) is 9.64. The van der Waals surface area contributed by atoms with Crippen molar-refractivity contribution in [2.45, 2.75) is 19.4 Å². The van der Waals surface area contributed by atoms with E-state index in [1.807, 2.05) is 24.3 Å². The zero-order valence-electron chi connectivity index (χ0n) is 19.1. The first-order valence-electron chi connectivity index (χ1n) is 11.5. The van der Waals surface area contributed by atoms with E-state index in [0.717, 1.165) is 25.0 Å². The van der Waals surface area contributed by atoms with Gasteiger partial charge in [-0.2, -0.15) is 0 Å². The van der Waals surface area contributed by atoms with E-state index in [0.29, 0.717) is 40.6 Å². The molecule has 9 nitrogen and oxygen atoms in total. The number of pyridine rings is 1. The molecule has 0 aliphatic carbocycles. The number of hydrogen-bond donors (Lipinski definition) is 2. The van der Waals surface area contributed by atoms with Crippen molar-refractivity contribution >= 4 is 22.6 Å². The minimum absolute atomic E-state index is 0.163. The standard InChI is InChI=1S/C25H28N4O5/c1-32-21-7-3-2-6-19(21)27-25(31)29(11-10-28-8-4-5-9-28)15-18-12-17-13-22-23(34-16-33-22)14-20(17)26-24(18)30/h2-3,6-7,12-14H,4-5,8-11,15-16H2,1H3,(H,26,30)(H,27,31). The summed E-state index contributed by atoms with van der Waals surface area (Å²) in [5.41, 5.74) is 1.52. The largest absolute Gasteiger partial charge is 0.495 e. The predicted molar refractivity (Wildman–Crippen MR) is 129 cm³/mol. The van der Waals surface area contributed by atoms with Gasteiger partial charge in [0.2, 0.25) is 6.79 Å². The maximum absolute atomic E-state index is 13.3. The molecule has 1 aromatic heterocycles. The number of nitrogens with zero attached hydrogens (tertiary/aromatic N) is 2. The predicted octanol–water partition coefficient (Wildman–Crippen LogP) is 3.40. The first-order valence-corrected chi connectivity index (χ1v) is 11.5. The Balaban J connectivity index is 1.40. The van der Waals surface area contributed by atoms with E-state index < -0.39 is 0 Å². The number of aromatic nitrogens is 1. The number of carbonyl (C=O) groups is 1. The minimum atomic E-state index is -0.283. The number of nitrogens with one attached hydrogen (secondary N) is 2. The van der Waals surface area contributed by atoms with Crippen molar-refractivity contribution in [3.05, 3.63) is 58.4 Å². The highest BCUT2D eigenvalue weighted by Gasteiger charge is 2.21. The fraction of sp³-hybridized carbons (Fsp3) is 0.360. The third-order valence-corrected chi connectivity index (χ3v) is 6.30. The molecule has 2 aliphatic heterocycles. The molecule has 2 amide bonds. The van der Waals surface area contributed by atoms with Crippen molar-refractivity contribution in [2.75, 3.05) is 45.4 Å². The lowest BCUT2D eigenvalue weighted by Crippen LogP contribution is -2.41. The van der Waals surface area contributed by atoms with E-state index in [2.05, 4.69) is 15.2 Å². The molecule has 1 saturated heterocycles. The molecular formula is C25H28N4O5. The number of fused-ring (bicyclic) bond motifs is 2. The van der Waals surface area contributed by atoms with Gasteiger partial charge in [0.1, 0.15) is 5.75 Å². The number of rotatable bonds is 7. The SMILES string of the molecule is COc1ccccc1NC(=O)N(CCN1CCCC1)Cc1cc2cc3c(cc2[nH]c1=O)OCO3. The number of likely N-dealkylation sites (tertiary alicyclic amines) is 1. The molecule has 34 heavy (non-hydrogen) atoms. The maximum Gasteiger partial charge on any atom is 0.322 e. The number of ether oxygens (including phenoxy) is 3. The van der Waals surface area contributed by atoms with Crippen molar-refractivity contribution in [1.29, 1.82) is 0 Å². The Morgan fingerprint density at radius 1 is 1.15 bits per heavy atom. The van der Waals surface area contributed by atoms with E-state index in [-0.39, 0.29) is 24.9 Å². The van der Waals surface area contributed by atoms with Crippen molar-refractivity contribution in [2.24, 2.45) is 0 Å². The third kappa shape index (κ3) is 4.65. The van der Waals surface area contributed by atoms with Crippen LogP contribution >= 0.6 is 0 Å². The molecule has 0 saturated carbocycles. The number of carbonyl (C=O) groups excluding carboxylic acids is 1. The smallest absolute Gasteiger partial charge is 0.322 e. The molecule has 3 aromatic rings. The van der Waals surface area contributed by atoms with Gasteiger partial charge in [-0.1, -0.05) is 12.1 Å². The maximum atomic E-state index is 13.3. The van der Waals surface area contributed by atoms with Crippen LogP contribution in [0.4, 0.5) is 10.5 Å². The van der Waals surface area contributed by atoms with Crippen molar-refractivity contribution in [3.63, 3.8) is 0 Å². The van der Waals surface area contributed by atoms with Crippen LogP contribution < -0.4 is 25.1 Å². The van der Waals surface area contributed by atoms with Crippen LogP contribution in [0.25, 0.3) is 10.9 Å². The summed E-state index contributed by atoms with van der Waals surface area (Å²) in [5, 5.41) is 3.77. The van der Waals surface area contributed by atoms with E-state index >= 15 is 0 Å². The first kappa shape index (κ1) is 22.1. The number of para-hydroxylation sites is 2. The lowest BCUT2D eigenvalue weighted by atomic mass is 10.1. The number of aromatic amines is 1. The van der Waals surface area contributed by atoms with Crippen LogP contribution in [0.3, 0.4) is 0 Å². The number of H-pyrrole nitrogens is 1. The zero-order chi connectivity index (χ0) is 23.5. The Kier molecular flexibility index (Phi) is 6.27. The number of hydrogen-bond acceptors (Lipinski definition) is 6. The first-order chi connectivity index (χ1) is 16.6. The van der Waals surface area contributed by atoms with Gasteiger partial charge in [-0.05, 0) is 50.2 Å². The zero-order valence-corrected chi connectivity index (χ0v) is 19.1. The number of methoxy groups -OCH3 is 1. The Labute approximate surface area is 197 Å². The fourth-order valence-electron chi connectivity index (χ4n) is 4.43. The van der Waals surface area contributed by atoms with Gasteiger partial charge in [0.25, 0.3) is 5.56 Å². The lowest BCUT2D eigenvalue weighted by molar-refractivity contribution is 0.174. The summed E-state index contributed by atoms with van der Waals surface area (Å²) in [4.78, 5) is 33.1. The molecule has 0 bridgehead atoms. The van der Waals surface area contributed by atoms with Crippen LogP contribution in [-0.4, -0.2) is 60.9 Å². The summed E-state index contributed by atoms with van der Waals surface area (Å²) in [7, 11) is 1.57. The Morgan fingerprint density at radius 2 is 1.91 bits per heavy atom. The molecule has 178 valence electrons. The lowest BCUT2D eigenvalue weighted by Gasteiger charge is -2.26. The Hall–Kier alpha value is -3.72. The van der Waals surface area contributed by atoms with Gasteiger partial charge in [-0.25, -0.2) is 4.79 Å². The van der Waals surface area contributed by atoms with Crippen molar-refractivity contribution in [3.8, 4) is 17.2 Å². The van der Waals surface area contributed by atoms with Gasteiger partial charge < -0.3 is 34.3 Å². The van der Waals surface area contributed by atoms with E-state index in [1.54, 1.807) is 30.2 Å². The molecule has 3 heterocycles. The second-order valence-electron chi connectivity index (χ2n) is 8.52. The fourth-order valence-corrected chi connectivity index (χ4v) is 4.43. The summed E-state index contributed by atoms with van der Waals surface area (Å²) in [6, 6.07) is 12.4. The van der Waals surface area contributed by atoms with Gasteiger partial charge in [0, 0.05) is 30.1 Å². The molecule has 2 aliphatic rings. The highest BCUT2D eigenvalue weighted by molar-refractivity contribution is 5.91. The Bertz CT molecular complexity index is 1250. The van der Waals surface area contributed by atoms with E-state index in [4.69, 9.17) is 14.2 Å². The van der Waals surface area contributed by atoms with Crippen molar-refractivity contribution < 1.29 is 19.0 Å². The van der Waals surface area contributed by atoms with Crippen LogP contribution in [0.15, 0.2) is 47.3 Å². The van der Waals surface area contributed by atoms with Gasteiger partial charge in [0.15, 0.2) is 11.5 Å². The summed E-state index contributed by atoms with van der Waals surface area (Å²) in [5.74, 6) is 1.83. The van der Waals surface area contributed by atoms with Gasteiger partial charge >= 0.3 is 6.03 Å². The molecule has 5 rings (SSSR count). The summed E-state index contributed by atoms with van der Waals surface area (Å²) in [6.07, 6.45) is 2.35. The molecule has 0 spiro atoms. The quantitative estimate of drug-likeness (QED) is 0.557. The second-order valence-corrected chi connectivity index (χ2v) is 8.52. The summed E-state index contributed by atoms with van der Waals surface area (Å²) < 4.78 is 16.3. The minimum Gasteiger partial charge on any atom is -0.495 e. The monoisotopic (exact) mass is 464 g/mol. The van der Waals surface area contributed by atoms with Crippen molar-refractivity contribution in [1.82, 2.24) is 14.8 Å². The van der Waals surface area contributed by atoms with E-state index in [9.17, 15) is 9.59 Å². The molecular weight excluding hydrogens is 436 g/mol.